The molecule has 2 aromatic heterocycles. The molecule has 0 unspecified atom stereocenters. The lowest BCUT2D eigenvalue weighted by Gasteiger charge is -2.31. The minimum absolute atomic E-state index is 0.132. The molecule has 0 spiro atoms. The van der Waals surface area contributed by atoms with Gasteiger partial charge in [-0.1, -0.05) is 18.2 Å². The number of amides is 2. The number of nitrogens with one attached hydrogen (secondary N) is 1. The number of likely N-dealkylation sites (tertiary alicyclic amines) is 1. The molecule has 1 aromatic carbocycles. The van der Waals surface area contributed by atoms with Crippen molar-refractivity contribution in [2.24, 2.45) is 5.73 Å². The second kappa shape index (κ2) is 6.67. The van der Waals surface area contributed by atoms with Gasteiger partial charge in [0.2, 0.25) is 5.91 Å². The number of primary amides is 1. The van der Waals surface area contributed by atoms with Crippen LogP contribution in [0.3, 0.4) is 0 Å². The highest BCUT2D eigenvalue weighted by atomic mass is 16.2. The van der Waals surface area contributed by atoms with Crippen molar-refractivity contribution in [1.82, 2.24) is 19.7 Å². The summed E-state index contributed by atoms with van der Waals surface area (Å²) in [5, 5.41) is 7.98. The molecule has 7 heteroatoms. The molecule has 7 nitrogen and oxygen atoms in total. The van der Waals surface area contributed by atoms with Gasteiger partial charge >= 0.3 is 0 Å². The van der Waals surface area contributed by atoms with Gasteiger partial charge in [-0.3, -0.25) is 14.7 Å². The lowest BCUT2D eigenvalue weighted by molar-refractivity contribution is -0.132. The zero-order chi connectivity index (χ0) is 18.1. The van der Waals surface area contributed by atoms with E-state index in [-0.39, 0.29) is 17.5 Å². The molecule has 2 amide bonds. The number of aromatic nitrogens is 3. The number of hydrogen-bond donors (Lipinski definition) is 2. The number of hydrogen-bond acceptors (Lipinski definition) is 3. The molecular formula is C19H21N5O2. The van der Waals surface area contributed by atoms with Crippen LogP contribution in [-0.4, -0.2) is 44.6 Å². The fourth-order valence-electron chi connectivity index (χ4n) is 3.64. The maximum Gasteiger partial charge on any atom is 0.269 e. The van der Waals surface area contributed by atoms with Gasteiger partial charge in [-0.05, 0) is 36.4 Å². The van der Waals surface area contributed by atoms with Crippen LogP contribution in [0.25, 0.3) is 10.9 Å². The summed E-state index contributed by atoms with van der Waals surface area (Å²) in [7, 11) is 0. The van der Waals surface area contributed by atoms with E-state index in [0.29, 0.717) is 19.6 Å². The summed E-state index contributed by atoms with van der Waals surface area (Å²) in [6, 6.07) is 11.8. The summed E-state index contributed by atoms with van der Waals surface area (Å²) >= 11 is 0. The molecule has 1 fully saturated rings. The van der Waals surface area contributed by atoms with E-state index in [2.05, 4.69) is 10.2 Å². The van der Waals surface area contributed by atoms with Crippen molar-refractivity contribution in [3.63, 3.8) is 0 Å². The predicted molar refractivity (Wildman–Crippen MR) is 97.6 cm³/mol. The molecule has 1 aliphatic rings. The number of benzene rings is 1. The van der Waals surface area contributed by atoms with Crippen LogP contribution in [0.15, 0.2) is 42.6 Å². The van der Waals surface area contributed by atoms with Crippen molar-refractivity contribution in [3.05, 3.63) is 54.0 Å². The molecule has 0 atom stereocenters. The number of para-hydroxylation sites is 1. The van der Waals surface area contributed by atoms with Gasteiger partial charge in [-0.2, -0.15) is 5.10 Å². The van der Waals surface area contributed by atoms with E-state index < -0.39 is 5.91 Å². The summed E-state index contributed by atoms with van der Waals surface area (Å²) in [6.45, 7) is 1.76. The molecule has 0 bridgehead atoms. The van der Waals surface area contributed by atoms with Crippen molar-refractivity contribution in [2.75, 3.05) is 13.1 Å². The number of H-pyrrole nitrogens is 1. The van der Waals surface area contributed by atoms with Crippen LogP contribution in [0.1, 0.15) is 34.9 Å². The topological polar surface area (TPSA) is 97.0 Å². The number of piperidine rings is 1. The van der Waals surface area contributed by atoms with Crippen LogP contribution >= 0.6 is 0 Å². The van der Waals surface area contributed by atoms with Gasteiger partial charge in [0.05, 0.1) is 0 Å². The molecule has 3 aromatic rings. The normalized spacial score (nSPS) is 15.5. The predicted octanol–water partition coefficient (Wildman–Crippen LogP) is 1.87. The summed E-state index contributed by atoms with van der Waals surface area (Å²) < 4.78 is 2.00. The third kappa shape index (κ3) is 3.08. The molecule has 0 aliphatic carbocycles. The Labute approximate surface area is 150 Å². The Hall–Kier alpha value is -3.09. The number of fused-ring (bicyclic) bond motifs is 1. The summed E-state index contributed by atoms with van der Waals surface area (Å²) in [4.78, 5) is 25.8. The Kier molecular flexibility index (Phi) is 4.20. The Bertz CT molecular complexity index is 950. The molecular weight excluding hydrogens is 330 g/mol. The van der Waals surface area contributed by atoms with E-state index in [1.165, 1.54) is 0 Å². The largest absolute Gasteiger partial charge is 0.364 e. The highest BCUT2D eigenvalue weighted by molar-refractivity contribution is 5.90. The van der Waals surface area contributed by atoms with Gasteiger partial charge in [0.1, 0.15) is 12.2 Å². The van der Waals surface area contributed by atoms with Crippen molar-refractivity contribution < 1.29 is 9.59 Å². The number of carbonyl (C=O) groups is 2. The number of carbonyl (C=O) groups excluding carboxylic acids is 2. The number of rotatable bonds is 4. The van der Waals surface area contributed by atoms with Gasteiger partial charge in [-0.15, -0.1) is 0 Å². The average Bonchev–Trinajstić information content (AvgIpc) is 3.30. The summed E-state index contributed by atoms with van der Waals surface area (Å²) in [6.07, 6.45) is 3.66. The first kappa shape index (κ1) is 16.4. The van der Waals surface area contributed by atoms with Crippen LogP contribution in [0.2, 0.25) is 0 Å². The smallest absolute Gasteiger partial charge is 0.269 e. The first-order chi connectivity index (χ1) is 12.6. The molecule has 1 saturated heterocycles. The molecule has 3 N–H and O–H groups in total. The Morgan fingerprint density at radius 3 is 2.69 bits per heavy atom. The van der Waals surface area contributed by atoms with Crippen LogP contribution in [0.4, 0.5) is 0 Å². The van der Waals surface area contributed by atoms with Gasteiger partial charge < -0.3 is 15.2 Å². The fourth-order valence-corrected chi connectivity index (χ4v) is 3.64. The molecule has 0 radical (unpaired) electrons. The van der Waals surface area contributed by atoms with Crippen LogP contribution in [-0.2, 0) is 11.3 Å². The standard InChI is InChI=1S/C19H21N5O2/c20-19(26)16-11-15(21-22-16)13-5-8-23(9-6-13)18(25)12-24-10-7-14-3-1-2-4-17(14)24/h1-4,7,10-11,13H,5-6,8-9,12H2,(H2,20,26)(H,21,22). The van der Waals surface area contributed by atoms with Crippen LogP contribution < -0.4 is 5.73 Å². The summed E-state index contributed by atoms with van der Waals surface area (Å²) in [5.74, 6) is -0.127. The van der Waals surface area contributed by atoms with Crippen molar-refractivity contribution >= 4 is 22.7 Å². The molecule has 0 saturated carbocycles. The number of nitrogens with zero attached hydrogens (tertiary/aromatic N) is 3. The van der Waals surface area contributed by atoms with E-state index >= 15 is 0 Å². The van der Waals surface area contributed by atoms with Gasteiger partial charge in [0.15, 0.2) is 0 Å². The monoisotopic (exact) mass is 351 g/mol. The first-order valence-corrected chi connectivity index (χ1v) is 8.78. The quantitative estimate of drug-likeness (QED) is 0.751. The lowest BCUT2D eigenvalue weighted by atomic mass is 9.93. The van der Waals surface area contributed by atoms with Crippen molar-refractivity contribution in [3.8, 4) is 0 Å². The maximum absolute atomic E-state index is 12.7. The van der Waals surface area contributed by atoms with E-state index in [1.807, 2.05) is 46.0 Å². The number of nitrogens with two attached hydrogens (primary N) is 1. The SMILES string of the molecule is NC(=O)c1cc(C2CCN(C(=O)Cn3ccc4ccccc43)CC2)[nH]n1. The minimum Gasteiger partial charge on any atom is -0.364 e. The third-order valence-electron chi connectivity index (χ3n) is 5.12. The first-order valence-electron chi connectivity index (χ1n) is 8.78. The van der Waals surface area contributed by atoms with Crippen LogP contribution in [0, 0.1) is 0 Å². The maximum atomic E-state index is 12.7. The van der Waals surface area contributed by atoms with Gasteiger partial charge in [-0.25, -0.2) is 0 Å². The van der Waals surface area contributed by atoms with Gasteiger partial charge in [0, 0.05) is 36.4 Å². The van der Waals surface area contributed by atoms with Crippen LogP contribution in [0.5, 0.6) is 0 Å². The molecule has 3 heterocycles. The lowest BCUT2D eigenvalue weighted by Crippen LogP contribution is -2.39. The van der Waals surface area contributed by atoms with Crippen molar-refractivity contribution in [1.29, 1.82) is 0 Å². The second-order valence-electron chi connectivity index (χ2n) is 6.73. The fraction of sp³-hybridized carbons (Fsp3) is 0.316. The molecule has 26 heavy (non-hydrogen) atoms. The van der Waals surface area contributed by atoms with Crippen molar-refractivity contribution in [2.45, 2.75) is 25.3 Å². The van der Waals surface area contributed by atoms with Gasteiger partial charge in [0.25, 0.3) is 5.91 Å². The van der Waals surface area contributed by atoms with E-state index in [9.17, 15) is 9.59 Å². The Morgan fingerprint density at radius 2 is 1.96 bits per heavy atom. The summed E-state index contributed by atoms with van der Waals surface area (Å²) in [5.41, 5.74) is 7.50. The number of aromatic amines is 1. The Balaban J connectivity index is 1.38. The molecule has 4 rings (SSSR count). The molecule has 1 aliphatic heterocycles. The van der Waals surface area contributed by atoms with E-state index in [1.54, 1.807) is 6.07 Å². The van der Waals surface area contributed by atoms with E-state index in [0.717, 1.165) is 29.4 Å². The second-order valence-corrected chi connectivity index (χ2v) is 6.73. The Morgan fingerprint density at radius 1 is 1.19 bits per heavy atom. The minimum atomic E-state index is -0.529. The zero-order valence-electron chi connectivity index (χ0n) is 14.4. The zero-order valence-corrected chi connectivity index (χ0v) is 14.4. The highest BCUT2D eigenvalue weighted by Gasteiger charge is 2.25. The third-order valence-corrected chi connectivity index (χ3v) is 5.12. The average molecular weight is 351 g/mol. The highest BCUT2D eigenvalue weighted by Crippen LogP contribution is 2.27. The van der Waals surface area contributed by atoms with E-state index in [4.69, 9.17) is 5.73 Å². The molecule has 134 valence electrons.